The second-order valence-electron chi connectivity index (χ2n) is 5.29. The third kappa shape index (κ3) is 3.80. The van der Waals surface area contributed by atoms with Gasteiger partial charge in [-0.1, -0.05) is 6.07 Å². The molecule has 1 aromatic rings. The van der Waals surface area contributed by atoms with Crippen LogP contribution in [0.2, 0.25) is 0 Å². The van der Waals surface area contributed by atoms with E-state index in [4.69, 9.17) is 4.74 Å². The molecule has 0 amide bonds. The van der Waals surface area contributed by atoms with Gasteiger partial charge in [0.15, 0.2) is 0 Å². The lowest BCUT2D eigenvalue weighted by atomic mass is 10.1. The van der Waals surface area contributed by atoms with Crippen molar-refractivity contribution in [2.45, 2.75) is 38.3 Å². The normalized spacial score (nSPS) is 20.9. The van der Waals surface area contributed by atoms with Crippen molar-refractivity contribution in [3.8, 4) is 5.75 Å². The maximum Gasteiger partial charge on any atom is 0.119 e. The van der Waals surface area contributed by atoms with E-state index in [0.717, 1.165) is 30.8 Å². The van der Waals surface area contributed by atoms with Crippen LogP contribution in [0.1, 0.15) is 36.9 Å². The summed E-state index contributed by atoms with van der Waals surface area (Å²) in [7, 11) is 1.01. The van der Waals surface area contributed by atoms with Crippen LogP contribution in [0, 0.1) is 0 Å². The Bertz CT molecular complexity index is 461. The quantitative estimate of drug-likeness (QED) is 0.870. The van der Waals surface area contributed by atoms with Crippen LogP contribution >= 0.6 is 0 Å². The minimum absolute atomic E-state index is 0.394. The first-order valence-electron chi connectivity index (χ1n) is 6.83. The zero-order chi connectivity index (χ0) is 13.8. The van der Waals surface area contributed by atoms with Crippen LogP contribution in [-0.2, 0) is 17.2 Å². The summed E-state index contributed by atoms with van der Waals surface area (Å²) in [5.41, 5.74) is 2.79. The Labute approximate surface area is 118 Å². The Balaban J connectivity index is 1.99. The molecule has 0 spiro atoms. The average Bonchev–Trinajstić information content (AvgIpc) is 2.79. The van der Waals surface area contributed by atoms with E-state index < -0.39 is 10.8 Å². The van der Waals surface area contributed by atoms with Crippen molar-refractivity contribution in [3.63, 3.8) is 0 Å². The van der Waals surface area contributed by atoms with E-state index in [1.165, 1.54) is 11.1 Å². The molecule has 1 N–H and O–H groups in total. The molecule has 1 aliphatic carbocycles. The molecule has 0 aliphatic heterocycles. The minimum atomic E-state index is -0.699. The van der Waals surface area contributed by atoms with Gasteiger partial charge in [0, 0.05) is 34.9 Å². The van der Waals surface area contributed by atoms with E-state index in [-0.39, 0.29) is 0 Å². The van der Waals surface area contributed by atoms with Gasteiger partial charge in [-0.3, -0.25) is 4.21 Å². The van der Waals surface area contributed by atoms with Gasteiger partial charge < -0.3 is 10.1 Å². The van der Waals surface area contributed by atoms with Crippen LogP contribution in [0.4, 0.5) is 0 Å². The van der Waals surface area contributed by atoms with E-state index in [9.17, 15) is 4.21 Å². The molecule has 2 rings (SSSR count). The van der Waals surface area contributed by atoms with Crippen LogP contribution in [0.5, 0.6) is 5.75 Å². The number of benzene rings is 1. The zero-order valence-electron chi connectivity index (χ0n) is 11.9. The van der Waals surface area contributed by atoms with E-state index in [0.29, 0.717) is 12.1 Å². The van der Waals surface area contributed by atoms with Crippen molar-refractivity contribution in [1.29, 1.82) is 0 Å². The molecule has 0 heterocycles. The van der Waals surface area contributed by atoms with E-state index in [1.54, 1.807) is 13.4 Å². The standard InChI is InChI=1S/C15H23NO2S/c1-11(8-9-19(3)17)16-15-7-5-12-4-6-13(18-2)10-14(12)15/h4,6,10-11,15-16H,5,7-9H2,1-3H3. The lowest BCUT2D eigenvalue weighted by Gasteiger charge is -2.20. The van der Waals surface area contributed by atoms with Gasteiger partial charge in [0.2, 0.25) is 0 Å². The number of hydrogen-bond acceptors (Lipinski definition) is 3. The fraction of sp³-hybridized carbons (Fsp3) is 0.600. The molecule has 106 valence electrons. The molecule has 0 bridgehead atoms. The topological polar surface area (TPSA) is 38.3 Å². The molecule has 0 aromatic heterocycles. The average molecular weight is 281 g/mol. The first kappa shape index (κ1) is 14.5. The molecule has 1 aliphatic rings. The van der Waals surface area contributed by atoms with Crippen LogP contribution < -0.4 is 10.1 Å². The predicted octanol–water partition coefficient (Wildman–Crippen LogP) is 2.43. The van der Waals surface area contributed by atoms with Gasteiger partial charge in [0.05, 0.1) is 7.11 Å². The third-order valence-electron chi connectivity index (χ3n) is 3.75. The van der Waals surface area contributed by atoms with Gasteiger partial charge in [0.25, 0.3) is 0 Å². The molecular weight excluding hydrogens is 258 g/mol. The lowest BCUT2D eigenvalue weighted by molar-refractivity contribution is 0.411. The van der Waals surface area contributed by atoms with E-state index in [1.807, 2.05) is 6.07 Å². The Morgan fingerprint density at radius 2 is 2.32 bits per heavy atom. The Morgan fingerprint density at radius 1 is 1.53 bits per heavy atom. The fourth-order valence-corrected chi connectivity index (χ4v) is 3.34. The number of ether oxygens (including phenoxy) is 1. The Hall–Kier alpha value is -0.870. The predicted molar refractivity (Wildman–Crippen MR) is 80.2 cm³/mol. The highest BCUT2D eigenvalue weighted by Gasteiger charge is 2.23. The van der Waals surface area contributed by atoms with Crippen LogP contribution in [0.15, 0.2) is 18.2 Å². The maximum absolute atomic E-state index is 11.1. The van der Waals surface area contributed by atoms with Crippen molar-refractivity contribution in [1.82, 2.24) is 5.32 Å². The molecule has 19 heavy (non-hydrogen) atoms. The molecule has 4 heteroatoms. The molecule has 0 saturated carbocycles. The van der Waals surface area contributed by atoms with Gasteiger partial charge in [-0.05, 0) is 49.4 Å². The number of nitrogens with one attached hydrogen (secondary N) is 1. The van der Waals surface area contributed by atoms with Gasteiger partial charge >= 0.3 is 0 Å². The van der Waals surface area contributed by atoms with Crippen LogP contribution in [-0.4, -0.2) is 29.4 Å². The lowest BCUT2D eigenvalue weighted by Crippen LogP contribution is -2.30. The van der Waals surface area contributed by atoms with Crippen molar-refractivity contribution >= 4 is 10.8 Å². The maximum atomic E-state index is 11.1. The summed E-state index contributed by atoms with van der Waals surface area (Å²) in [6.07, 6.45) is 4.99. The number of fused-ring (bicyclic) bond motifs is 1. The summed E-state index contributed by atoms with van der Waals surface area (Å²) < 4.78 is 16.4. The fourth-order valence-electron chi connectivity index (χ4n) is 2.65. The van der Waals surface area contributed by atoms with E-state index >= 15 is 0 Å². The molecule has 3 nitrogen and oxygen atoms in total. The summed E-state index contributed by atoms with van der Waals surface area (Å²) in [6, 6.07) is 7.15. The second-order valence-corrected chi connectivity index (χ2v) is 6.84. The smallest absolute Gasteiger partial charge is 0.119 e. The SMILES string of the molecule is COc1ccc2c(c1)C(NC(C)CCS(C)=O)CC2. The largest absolute Gasteiger partial charge is 0.497 e. The first-order chi connectivity index (χ1) is 9.10. The van der Waals surface area contributed by atoms with Gasteiger partial charge in [-0.2, -0.15) is 0 Å². The van der Waals surface area contributed by atoms with Crippen molar-refractivity contribution in [3.05, 3.63) is 29.3 Å². The summed E-state index contributed by atoms with van der Waals surface area (Å²) >= 11 is 0. The summed E-state index contributed by atoms with van der Waals surface area (Å²) in [5, 5.41) is 3.65. The monoisotopic (exact) mass is 281 g/mol. The highest BCUT2D eigenvalue weighted by molar-refractivity contribution is 7.84. The van der Waals surface area contributed by atoms with Crippen LogP contribution in [0.3, 0.4) is 0 Å². The van der Waals surface area contributed by atoms with Crippen molar-refractivity contribution in [2.75, 3.05) is 19.1 Å². The number of methoxy groups -OCH3 is 1. The molecular formula is C15H23NO2S. The van der Waals surface area contributed by atoms with Gasteiger partial charge in [-0.25, -0.2) is 0 Å². The molecule has 0 radical (unpaired) electrons. The van der Waals surface area contributed by atoms with Gasteiger partial charge in [0.1, 0.15) is 5.75 Å². The Morgan fingerprint density at radius 3 is 3.00 bits per heavy atom. The van der Waals surface area contributed by atoms with Gasteiger partial charge in [-0.15, -0.1) is 0 Å². The second kappa shape index (κ2) is 6.53. The minimum Gasteiger partial charge on any atom is -0.497 e. The van der Waals surface area contributed by atoms with Crippen LogP contribution in [0.25, 0.3) is 0 Å². The highest BCUT2D eigenvalue weighted by Crippen LogP contribution is 2.34. The highest BCUT2D eigenvalue weighted by atomic mass is 32.2. The van der Waals surface area contributed by atoms with E-state index in [2.05, 4.69) is 24.4 Å². The number of hydrogen-bond donors (Lipinski definition) is 1. The summed E-state index contributed by atoms with van der Waals surface area (Å²) in [5.74, 6) is 1.70. The number of rotatable bonds is 6. The summed E-state index contributed by atoms with van der Waals surface area (Å²) in [4.78, 5) is 0. The Kier molecular flexibility index (Phi) is 4.99. The molecule has 1 aromatic carbocycles. The molecule has 3 unspecified atom stereocenters. The van der Waals surface area contributed by atoms with Crippen molar-refractivity contribution < 1.29 is 8.95 Å². The molecule has 0 fully saturated rings. The van der Waals surface area contributed by atoms with Crippen molar-refractivity contribution in [2.24, 2.45) is 0 Å². The molecule has 0 saturated heterocycles. The molecule has 3 atom stereocenters. The zero-order valence-corrected chi connectivity index (χ0v) is 12.8. The number of aryl methyl sites for hydroxylation is 1. The summed E-state index contributed by atoms with van der Waals surface area (Å²) in [6.45, 7) is 2.17. The first-order valence-corrected chi connectivity index (χ1v) is 8.55. The third-order valence-corrected chi connectivity index (χ3v) is 4.57.